The number of Topliss-reactive ketones (excluding diaryl/α,β-unsaturated/α-hetero) is 1. The number of benzene rings is 2. The second-order valence-electron chi connectivity index (χ2n) is 6.19. The molecule has 1 aliphatic heterocycles. The largest absolute Gasteiger partial charge is 0.459 e. The van der Waals surface area contributed by atoms with Crippen LogP contribution in [0.15, 0.2) is 60.7 Å². The van der Waals surface area contributed by atoms with E-state index >= 15 is 0 Å². The van der Waals surface area contributed by atoms with Gasteiger partial charge in [-0.1, -0.05) is 60.7 Å². The Morgan fingerprint density at radius 2 is 1.54 bits per heavy atom. The first-order chi connectivity index (χ1) is 12.6. The molecule has 0 radical (unpaired) electrons. The predicted molar refractivity (Wildman–Crippen MR) is 94.9 cm³/mol. The summed E-state index contributed by atoms with van der Waals surface area (Å²) in [6.07, 6.45) is 0.117. The van der Waals surface area contributed by atoms with Gasteiger partial charge in [0.1, 0.15) is 6.61 Å². The Balaban J connectivity index is 1.69. The van der Waals surface area contributed by atoms with E-state index in [1.165, 1.54) is 4.90 Å². The maximum Gasteiger partial charge on any atom is 0.342 e. The molecule has 2 aromatic carbocycles. The van der Waals surface area contributed by atoms with Gasteiger partial charge in [-0.15, -0.1) is 0 Å². The highest BCUT2D eigenvalue weighted by molar-refractivity contribution is 6.16. The lowest BCUT2D eigenvalue weighted by Crippen LogP contribution is -2.44. The van der Waals surface area contributed by atoms with Crippen LogP contribution in [0.3, 0.4) is 0 Å². The van der Waals surface area contributed by atoms with Gasteiger partial charge in [-0.25, -0.2) is 4.79 Å². The van der Waals surface area contributed by atoms with Crippen molar-refractivity contribution >= 4 is 17.7 Å². The number of hydrogen-bond donors (Lipinski definition) is 1. The highest BCUT2D eigenvalue weighted by Gasteiger charge is 2.66. The topological polar surface area (TPSA) is 89.5 Å². The molecule has 0 saturated carbocycles. The van der Waals surface area contributed by atoms with E-state index in [0.29, 0.717) is 0 Å². The summed E-state index contributed by atoms with van der Waals surface area (Å²) in [7, 11) is 0. The van der Waals surface area contributed by atoms with Crippen LogP contribution in [0.4, 0.5) is 0 Å². The fourth-order valence-electron chi connectivity index (χ4n) is 2.90. The first-order valence-electron chi connectivity index (χ1n) is 8.37. The summed E-state index contributed by atoms with van der Waals surface area (Å²) >= 11 is 0. The van der Waals surface area contributed by atoms with E-state index in [0.717, 1.165) is 11.1 Å². The molecule has 1 aliphatic rings. The fraction of sp³-hybridized carbons (Fsp3) is 0.250. The average molecular weight is 352 g/mol. The molecule has 134 valence electrons. The van der Waals surface area contributed by atoms with Crippen LogP contribution in [-0.4, -0.2) is 41.2 Å². The van der Waals surface area contributed by atoms with Crippen LogP contribution in [0.2, 0.25) is 0 Å². The molecule has 0 aliphatic carbocycles. The van der Waals surface area contributed by atoms with Crippen molar-refractivity contribution in [2.45, 2.75) is 18.6 Å². The lowest BCUT2D eigenvalue weighted by Gasteiger charge is -2.15. The summed E-state index contributed by atoms with van der Waals surface area (Å²) in [6, 6.07) is 18.3. The van der Waals surface area contributed by atoms with Crippen molar-refractivity contribution in [1.29, 1.82) is 0 Å². The molecule has 1 heterocycles. The van der Waals surface area contributed by atoms with Crippen molar-refractivity contribution < 1.29 is 19.1 Å². The molecule has 1 atom stereocenters. The molecule has 0 bridgehead atoms. The number of esters is 1. The minimum atomic E-state index is -1.57. The fourth-order valence-corrected chi connectivity index (χ4v) is 2.90. The minimum absolute atomic E-state index is 0.0162. The highest BCUT2D eigenvalue weighted by atomic mass is 16.5. The lowest BCUT2D eigenvalue weighted by atomic mass is 10.0. The molecule has 0 aromatic heterocycles. The lowest BCUT2D eigenvalue weighted by molar-refractivity contribution is -0.154. The van der Waals surface area contributed by atoms with Crippen molar-refractivity contribution in [3.63, 3.8) is 0 Å². The van der Waals surface area contributed by atoms with Crippen molar-refractivity contribution in [3.8, 4) is 0 Å². The van der Waals surface area contributed by atoms with Crippen LogP contribution in [0, 0.1) is 0 Å². The molecule has 2 N–H and O–H groups in total. The minimum Gasteiger partial charge on any atom is -0.459 e. The Kier molecular flexibility index (Phi) is 5.14. The summed E-state index contributed by atoms with van der Waals surface area (Å²) in [5.41, 5.74) is 5.51. The van der Waals surface area contributed by atoms with Gasteiger partial charge in [0.2, 0.25) is 11.4 Å². The van der Waals surface area contributed by atoms with E-state index in [1.54, 1.807) is 0 Å². The van der Waals surface area contributed by atoms with Crippen LogP contribution in [0.1, 0.15) is 11.1 Å². The zero-order valence-corrected chi connectivity index (χ0v) is 14.3. The van der Waals surface area contributed by atoms with Crippen LogP contribution < -0.4 is 5.73 Å². The van der Waals surface area contributed by atoms with E-state index in [1.807, 2.05) is 60.7 Å². The van der Waals surface area contributed by atoms with E-state index in [9.17, 15) is 14.4 Å². The molecule has 3 rings (SSSR count). The number of amides is 1. The molecular formula is C20H20N2O4. The number of ketones is 1. The zero-order chi connectivity index (χ0) is 18.6. The molecule has 1 fully saturated rings. The predicted octanol–water partition coefficient (Wildman–Crippen LogP) is 1.08. The number of hydrogen-bond acceptors (Lipinski definition) is 5. The third kappa shape index (κ3) is 3.50. The van der Waals surface area contributed by atoms with Gasteiger partial charge in [0.15, 0.2) is 5.78 Å². The van der Waals surface area contributed by atoms with E-state index in [-0.39, 0.29) is 32.0 Å². The summed E-state index contributed by atoms with van der Waals surface area (Å²) < 4.78 is 5.30. The quantitative estimate of drug-likeness (QED) is 0.458. The SMILES string of the molecule is NCC(=O)C1(C(=O)OCc2ccccc2)CN1C(=O)Cc1ccccc1. The van der Waals surface area contributed by atoms with Gasteiger partial charge >= 0.3 is 5.97 Å². The second-order valence-corrected chi connectivity index (χ2v) is 6.19. The Bertz CT molecular complexity index is 807. The molecule has 1 saturated heterocycles. The molecule has 6 heteroatoms. The van der Waals surface area contributed by atoms with Gasteiger partial charge in [-0.05, 0) is 11.1 Å². The van der Waals surface area contributed by atoms with E-state index in [2.05, 4.69) is 0 Å². The van der Waals surface area contributed by atoms with Crippen LogP contribution in [-0.2, 0) is 32.1 Å². The van der Waals surface area contributed by atoms with Gasteiger partial charge in [0, 0.05) is 0 Å². The van der Waals surface area contributed by atoms with Gasteiger partial charge in [-0.2, -0.15) is 0 Å². The summed E-state index contributed by atoms with van der Waals surface area (Å²) in [5, 5.41) is 0. The molecular weight excluding hydrogens is 332 g/mol. The summed E-state index contributed by atoms with van der Waals surface area (Å²) in [5.74, 6) is -1.52. The van der Waals surface area contributed by atoms with Crippen LogP contribution in [0.25, 0.3) is 0 Å². The molecule has 0 spiro atoms. The third-order valence-electron chi connectivity index (χ3n) is 4.44. The normalized spacial score (nSPS) is 18.3. The Labute approximate surface area is 151 Å². The number of rotatable bonds is 7. The van der Waals surface area contributed by atoms with Crippen molar-refractivity contribution in [1.82, 2.24) is 4.90 Å². The molecule has 6 nitrogen and oxygen atoms in total. The molecule has 26 heavy (non-hydrogen) atoms. The van der Waals surface area contributed by atoms with Crippen LogP contribution >= 0.6 is 0 Å². The van der Waals surface area contributed by atoms with Crippen molar-refractivity contribution in [2.24, 2.45) is 5.73 Å². The van der Waals surface area contributed by atoms with Gasteiger partial charge in [0.05, 0.1) is 19.5 Å². The smallest absolute Gasteiger partial charge is 0.342 e. The van der Waals surface area contributed by atoms with E-state index in [4.69, 9.17) is 10.5 Å². The van der Waals surface area contributed by atoms with Crippen molar-refractivity contribution in [2.75, 3.05) is 13.1 Å². The van der Waals surface area contributed by atoms with Gasteiger partial charge in [-0.3, -0.25) is 9.59 Å². The average Bonchev–Trinajstić information content (AvgIpc) is 3.44. The maximum atomic E-state index is 12.6. The molecule has 1 unspecified atom stereocenters. The second kappa shape index (κ2) is 7.49. The number of nitrogens with zero attached hydrogens (tertiary/aromatic N) is 1. The first-order valence-corrected chi connectivity index (χ1v) is 8.37. The maximum absolute atomic E-state index is 12.6. The highest BCUT2D eigenvalue weighted by Crippen LogP contribution is 2.35. The summed E-state index contributed by atoms with van der Waals surface area (Å²) in [4.78, 5) is 38.6. The Hall–Kier alpha value is -2.99. The monoisotopic (exact) mass is 352 g/mol. The standard InChI is InChI=1S/C20H20N2O4/c21-12-17(23)20(19(25)26-13-16-9-5-2-6-10-16)14-22(20)18(24)11-15-7-3-1-4-8-15/h1-10H,11-14,21H2. The Morgan fingerprint density at radius 3 is 2.12 bits per heavy atom. The molecule has 2 aromatic rings. The van der Waals surface area contributed by atoms with Gasteiger partial charge < -0.3 is 15.4 Å². The number of nitrogens with two attached hydrogens (primary N) is 1. The number of carbonyl (C=O) groups excluding carboxylic acids is 3. The third-order valence-corrected chi connectivity index (χ3v) is 4.44. The van der Waals surface area contributed by atoms with E-state index < -0.39 is 17.3 Å². The molecule has 1 amide bonds. The Morgan fingerprint density at radius 1 is 0.962 bits per heavy atom. The number of carbonyl (C=O) groups is 3. The van der Waals surface area contributed by atoms with Crippen LogP contribution in [0.5, 0.6) is 0 Å². The van der Waals surface area contributed by atoms with Crippen molar-refractivity contribution in [3.05, 3.63) is 71.8 Å². The zero-order valence-electron chi connectivity index (χ0n) is 14.3. The summed E-state index contributed by atoms with van der Waals surface area (Å²) in [6.45, 7) is -0.266. The first kappa shape index (κ1) is 17.8. The number of ether oxygens (including phenoxy) is 1. The van der Waals surface area contributed by atoms with Gasteiger partial charge in [0.25, 0.3) is 0 Å².